The molecule has 0 aliphatic carbocycles. The fourth-order valence-corrected chi connectivity index (χ4v) is 3.91. The number of carbonyl (C=O) groups excluding carboxylic acids is 1. The number of anilines is 1. The van der Waals surface area contributed by atoms with Crippen LogP contribution < -0.4 is 14.8 Å². The summed E-state index contributed by atoms with van der Waals surface area (Å²) in [6.07, 6.45) is 1.75. The van der Waals surface area contributed by atoms with Gasteiger partial charge in [0, 0.05) is 37.8 Å². The minimum Gasteiger partial charge on any atom is -0.496 e. The number of hydrogen-bond acceptors (Lipinski definition) is 7. The molecule has 10 heteroatoms. The minimum absolute atomic E-state index is 0.113. The molecule has 0 bridgehead atoms. The molecule has 1 aromatic heterocycles. The zero-order valence-electron chi connectivity index (χ0n) is 13.6. The summed E-state index contributed by atoms with van der Waals surface area (Å²) >= 11 is 1.56. The van der Waals surface area contributed by atoms with Gasteiger partial charge in [0.15, 0.2) is 5.13 Å². The van der Waals surface area contributed by atoms with Crippen molar-refractivity contribution in [1.82, 2.24) is 9.88 Å². The molecule has 0 radical (unpaired) electrons. The first-order chi connectivity index (χ1) is 11.9. The predicted molar refractivity (Wildman–Crippen MR) is 94.6 cm³/mol. The van der Waals surface area contributed by atoms with E-state index < -0.39 is 10.0 Å². The number of thiazole rings is 1. The van der Waals surface area contributed by atoms with Crippen molar-refractivity contribution in [3.05, 3.63) is 35.3 Å². The van der Waals surface area contributed by atoms with E-state index in [0.29, 0.717) is 31.9 Å². The van der Waals surface area contributed by atoms with Crippen LogP contribution in [0.1, 0.15) is 10.4 Å². The highest BCUT2D eigenvalue weighted by molar-refractivity contribution is 7.89. The Bertz CT molecular complexity index is 860. The van der Waals surface area contributed by atoms with Gasteiger partial charge in [-0.05, 0) is 18.2 Å². The summed E-state index contributed by atoms with van der Waals surface area (Å²) in [7, 11) is -2.46. The lowest BCUT2D eigenvalue weighted by atomic mass is 10.1. The van der Waals surface area contributed by atoms with Crippen LogP contribution in [0.3, 0.4) is 0 Å². The highest BCUT2D eigenvalue weighted by atomic mass is 32.2. The van der Waals surface area contributed by atoms with Crippen LogP contribution in [-0.4, -0.2) is 57.5 Å². The lowest BCUT2D eigenvalue weighted by Gasteiger charge is -2.34. The maximum atomic E-state index is 12.8. The molecule has 1 aliphatic heterocycles. The number of benzene rings is 1. The predicted octanol–water partition coefficient (Wildman–Crippen LogP) is 0.762. The molecule has 1 aromatic carbocycles. The molecule has 3 rings (SSSR count). The molecule has 0 spiro atoms. The van der Waals surface area contributed by atoms with Gasteiger partial charge in [-0.2, -0.15) is 0 Å². The lowest BCUT2D eigenvalue weighted by molar-refractivity contribution is 0.0743. The Hall–Kier alpha value is -2.17. The summed E-state index contributed by atoms with van der Waals surface area (Å²) < 4.78 is 28.3. The standard InChI is InChI=1S/C15H18N4O4S2/c1-23-13-3-2-11(25(16,21)22)10-12(13)14(20)18-5-7-19(8-6-18)15-17-4-9-24-15/h2-4,9-10H,5-8H2,1H3,(H2,16,21,22). The number of amides is 1. The van der Waals surface area contributed by atoms with Crippen molar-refractivity contribution in [3.8, 4) is 5.75 Å². The zero-order chi connectivity index (χ0) is 18.0. The van der Waals surface area contributed by atoms with Crippen molar-refractivity contribution >= 4 is 32.4 Å². The van der Waals surface area contributed by atoms with Gasteiger partial charge in [0.2, 0.25) is 10.0 Å². The molecule has 25 heavy (non-hydrogen) atoms. The SMILES string of the molecule is COc1ccc(S(N)(=O)=O)cc1C(=O)N1CCN(c2nccs2)CC1. The van der Waals surface area contributed by atoms with Crippen LogP contribution >= 0.6 is 11.3 Å². The van der Waals surface area contributed by atoms with Gasteiger partial charge in [-0.15, -0.1) is 11.3 Å². The molecule has 134 valence electrons. The Labute approximate surface area is 149 Å². The van der Waals surface area contributed by atoms with E-state index in [0.717, 1.165) is 5.13 Å². The fourth-order valence-electron chi connectivity index (χ4n) is 2.67. The van der Waals surface area contributed by atoms with E-state index in [4.69, 9.17) is 9.88 Å². The monoisotopic (exact) mass is 382 g/mol. The number of piperazine rings is 1. The van der Waals surface area contributed by atoms with Gasteiger partial charge in [0.05, 0.1) is 17.6 Å². The molecule has 2 aromatic rings. The molecule has 2 heterocycles. The maximum absolute atomic E-state index is 12.8. The molecule has 0 saturated carbocycles. The number of nitrogens with zero attached hydrogens (tertiary/aromatic N) is 3. The number of methoxy groups -OCH3 is 1. The third-order valence-electron chi connectivity index (χ3n) is 3.99. The number of hydrogen-bond donors (Lipinski definition) is 1. The molecular formula is C15H18N4O4S2. The van der Waals surface area contributed by atoms with Gasteiger partial charge in [0.25, 0.3) is 5.91 Å². The Morgan fingerprint density at radius 3 is 2.56 bits per heavy atom. The first-order valence-electron chi connectivity index (χ1n) is 7.54. The highest BCUT2D eigenvalue weighted by Crippen LogP contribution is 2.25. The average molecular weight is 382 g/mol. The van der Waals surface area contributed by atoms with Gasteiger partial charge >= 0.3 is 0 Å². The van der Waals surface area contributed by atoms with Crippen molar-refractivity contribution in [2.45, 2.75) is 4.90 Å². The Morgan fingerprint density at radius 2 is 2.00 bits per heavy atom. The summed E-state index contributed by atoms with van der Waals surface area (Å²) in [5.41, 5.74) is 0.191. The molecule has 8 nitrogen and oxygen atoms in total. The largest absolute Gasteiger partial charge is 0.496 e. The van der Waals surface area contributed by atoms with E-state index in [9.17, 15) is 13.2 Å². The van der Waals surface area contributed by atoms with Crippen LogP contribution in [0.5, 0.6) is 5.75 Å². The topological polar surface area (TPSA) is 106 Å². The van der Waals surface area contributed by atoms with Crippen molar-refractivity contribution in [2.24, 2.45) is 5.14 Å². The first kappa shape index (κ1) is 17.6. The molecule has 1 aliphatic rings. The van der Waals surface area contributed by atoms with Crippen molar-refractivity contribution < 1.29 is 17.9 Å². The first-order valence-corrected chi connectivity index (χ1v) is 9.97. The number of rotatable bonds is 4. The van der Waals surface area contributed by atoms with Gasteiger partial charge in [0.1, 0.15) is 5.75 Å². The molecule has 0 unspecified atom stereocenters. The van der Waals surface area contributed by atoms with Crippen LogP contribution in [0.25, 0.3) is 0 Å². The summed E-state index contributed by atoms with van der Waals surface area (Å²) in [5.74, 6) is 0.0425. The minimum atomic E-state index is -3.89. The summed E-state index contributed by atoms with van der Waals surface area (Å²) in [6.45, 7) is 2.36. The van der Waals surface area contributed by atoms with Gasteiger partial charge in [-0.25, -0.2) is 18.5 Å². The number of sulfonamides is 1. The van der Waals surface area contributed by atoms with E-state index in [1.807, 2.05) is 5.38 Å². The van der Waals surface area contributed by atoms with Crippen LogP contribution in [0, 0.1) is 0 Å². The maximum Gasteiger partial charge on any atom is 0.257 e. The highest BCUT2D eigenvalue weighted by Gasteiger charge is 2.26. The fraction of sp³-hybridized carbons (Fsp3) is 0.333. The van der Waals surface area contributed by atoms with E-state index in [2.05, 4.69) is 9.88 Å². The molecule has 2 N–H and O–H groups in total. The smallest absolute Gasteiger partial charge is 0.257 e. The average Bonchev–Trinajstić information content (AvgIpc) is 3.14. The van der Waals surface area contributed by atoms with Crippen molar-refractivity contribution in [1.29, 1.82) is 0 Å². The molecule has 1 fully saturated rings. The summed E-state index contributed by atoms with van der Waals surface area (Å²) in [5, 5.41) is 8.01. The Balaban J connectivity index is 1.79. The van der Waals surface area contributed by atoms with Crippen LogP contribution in [-0.2, 0) is 10.0 Å². The van der Waals surface area contributed by atoms with Gasteiger partial charge in [-0.3, -0.25) is 4.79 Å². The second-order valence-electron chi connectivity index (χ2n) is 5.50. The Morgan fingerprint density at radius 1 is 1.28 bits per heavy atom. The van der Waals surface area contributed by atoms with Crippen molar-refractivity contribution in [3.63, 3.8) is 0 Å². The molecule has 1 amide bonds. The quantitative estimate of drug-likeness (QED) is 0.837. The number of carbonyl (C=O) groups is 1. The number of aromatic nitrogens is 1. The van der Waals surface area contributed by atoms with Crippen LogP contribution in [0.4, 0.5) is 5.13 Å². The lowest BCUT2D eigenvalue weighted by Crippen LogP contribution is -2.48. The number of ether oxygens (including phenoxy) is 1. The van der Waals surface area contributed by atoms with Crippen LogP contribution in [0.2, 0.25) is 0 Å². The van der Waals surface area contributed by atoms with Gasteiger partial charge in [-0.1, -0.05) is 0 Å². The summed E-state index contributed by atoms with van der Waals surface area (Å²) in [4.78, 5) is 20.8. The molecule has 0 atom stereocenters. The Kier molecular flexibility index (Phi) is 4.93. The second kappa shape index (κ2) is 6.98. The number of primary sulfonamides is 1. The second-order valence-corrected chi connectivity index (χ2v) is 7.94. The number of nitrogens with two attached hydrogens (primary N) is 1. The third-order valence-corrected chi connectivity index (χ3v) is 5.73. The van der Waals surface area contributed by atoms with E-state index in [-0.39, 0.29) is 16.4 Å². The van der Waals surface area contributed by atoms with Crippen LogP contribution in [0.15, 0.2) is 34.7 Å². The van der Waals surface area contributed by atoms with E-state index >= 15 is 0 Å². The third kappa shape index (κ3) is 3.75. The van der Waals surface area contributed by atoms with E-state index in [1.54, 1.807) is 22.4 Å². The van der Waals surface area contributed by atoms with E-state index in [1.165, 1.54) is 25.3 Å². The zero-order valence-corrected chi connectivity index (χ0v) is 15.2. The van der Waals surface area contributed by atoms with Crippen molar-refractivity contribution in [2.75, 3.05) is 38.2 Å². The molecule has 1 saturated heterocycles. The van der Waals surface area contributed by atoms with Gasteiger partial charge < -0.3 is 14.5 Å². The molecular weight excluding hydrogens is 364 g/mol. The summed E-state index contributed by atoms with van der Waals surface area (Å²) in [6, 6.07) is 4.04. The normalized spacial score (nSPS) is 15.3.